The molecule has 0 aliphatic heterocycles. The van der Waals surface area contributed by atoms with Gasteiger partial charge in [0.15, 0.2) is 0 Å². The van der Waals surface area contributed by atoms with E-state index in [0.717, 1.165) is 5.52 Å². The van der Waals surface area contributed by atoms with Gasteiger partial charge in [-0.2, -0.15) is 0 Å². The fourth-order valence-corrected chi connectivity index (χ4v) is 2.63. The van der Waals surface area contributed by atoms with Crippen LogP contribution < -0.4 is 0 Å². The first-order chi connectivity index (χ1) is 12.5. The van der Waals surface area contributed by atoms with Gasteiger partial charge in [0.1, 0.15) is 5.52 Å². The average Bonchev–Trinajstić information content (AvgIpc) is 3.08. The maximum Gasteiger partial charge on any atom is 0.339 e. The van der Waals surface area contributed by atoms with E-state index in [2.05, 4.69) is 10.3 Å². The van der Waals surface area contributed by atoms with Crippen LogP contribution in [0, 0.1) is 0 Å². The van der Waals surface area contributed by atoms with Crippen molar-refractivity contribution in [3.63, 3.8) is 0 Å². The van der Waals surface area contributed by atoms with E-state index < -0.39 is 12.1 Å². The Morgan fingerprint density at radius 2 is 1.88 bits per heavy atom. The molecule has 0 aliphatic carbocycles. The SMILES string of the molecule is CCn1nnc2cc(C(=O)O[C@@H](C(=O)N(C)C)c3ccccc3)ccc21. The van der Waals surface area contributed by atoms with Crippen molar-refractivity contribution in [1.82, 2.24) is 19.9 Å². The van der Waals surface area contributed by atoms with Gasteiger partial charge < -0.3 is 9.64 Å². The molecule has 0 fully saturated rings. The van der Waals surface area contributed by atoms with Crippen LogP contribution in [0.3, 0.4) is 0 Å². The molecule has 0 saturated heterocycles. The lowest BCUT2D eigenvalue weighted by molar-refractivity contribution is -0.138. The lowest BCUT2D eigenvalue weighted by Gasteiger charge is -2.21. The van der Waals surface area contributed by atoms with Gasteiger partial charge in [-0.05, 0) is 25.1 Å². The van der Waals surface area contributed by atoms with Crippen molar-refractivity contribution in [2.45, 2.75) is 19.6 Å². The van der Waals surface area contributed by atoms with Crippen LogP contribution in [0.25, 0.3) is 11.0 Å². The number of ether oxygens (including phenoxy) is 1. The zero-order valence-corrected chi connectivity index (χ0v) is 14.9. The van der Waals surface area contributed by atoms with E-state index in [1.165, 1.54) is 4.90 Å². The number of carbonyl (C=O) groups is 2. The van der Waals surface area contributed by atoms with Crippen LogP contribution >= 0.6 is 0 Å². The van der Waals surface area contributed by atoms with Gasteiger partial charge in [-0.3, -0.25) is 4.79 Å². The van der Waals surface area contributed by atoms with E-state index in [0.29, 0.717) is 23.2 Å². The number of carbonyl (C=O) groups excluding carboxylic acids is 2. The predicted molar refractivity (Wildman–Crippen MR) is 96.5 cm³/mol. The molecule has 26 heavy (non-hydrogen) atoms. The average molecular weight is 352 g/mol. The summed E-state index contributed by atoms with van der Waals surface area (Å²) in [5.41, 5.74) is 2.40. The number of amides is 1. The van der Waals surface area contributed by atoms with Crippen molar-refractivity contribution in [1.29, 1.82) is 0 Å². The van der Waals surface area contributed by atoms with Crippen LogP contribution in [-0.4, -0.2) is 45.9 Å². The molecular formula is C19H20N4O3. The second-order valence-electron chi connectivity index (χ2n) is 6.04. The number of benzene rings is 2. The van der Waals surface area contributed by atoms with E-state index in [1.807, 2.05) is 13.0 Å². The Hall–Kier alpha value is -3.22. The quantitative estimate of drug-likeness (QED) is 0.659. The molecule has 0 unspecified atom stereocenters. The summed E-state index contributed by atoms with van der Waals surface area (Å²) in [5.74, 6) is -0.885. The van der Waals surface area contributed by atoms with E-state index in [-0.39, 0.29) is 5.91 Å². The number of aromatic nitrogens is 3. The van der Waals surface area contributed by atoms with Crippen LogP contribution in [0.4, 0.5) is 0 Å². The molecule has 0 aliphatic rings. The molecule has 7 heteroatoms. The third kappa shape index (κ3) is 3.42. The molecular weight excluding hydrogens is 332 g/mol. The van der Waals surface area contributed by atoms with Gasteiger partial charge in [0.25, 0.3) is 5.91 Å². The topological polar surface area (TPSA) is 77.3 Å². The Labute approximate surface area is 151 Å². The standard InChI is InChI=1S/C19H20N4O3/c1-4-23-16-11-10-14(12-15(16)20-21-23)19(25)26-17(18(24)22(2)3)13-8-6-5-7-9-13/h5-12,17H,4H2,1-3H3/t17-/m1/s1. The summed E-state index contributed by atoms with van der Waals surface area (Å²) in [4.78, 5) is 26.5. The van der Waals surface area contributed by atoms with Gasteiger partial charge in [0, 0.05) is 26.2 Å². The maximum atomic E-state index is 12.6. The van der Waals surface area contributed by atoms with Crippen LogP contribution in [-0.2, 0) is 16.1 Å². The van der Waals surface area contributed by atoms with E-state index >= 15 is 0 Å². The van der Waals surface area contributed by atoms with E-state index in [1.54, 1.807) is 61.2 Å². The summed E-state index contributed by atoms with van der Waals surface area (Å²) >= 11 is 0. The fraction of sp³-hybridized carbons (Fsp3) is 0.263. The van der Waals surface area contributed by atoms with Gasteiger partial charge >= 0.3 is 5.97 Å². The monoisotopic (exact) mass is 352 g/mol. The van der Waals surface area contributed by atoms with Crippen molar-refractivity contribution >= 4 is 22.9 Å². The zero-order valence-electron chi connectivity index (χ0n) is 14.9. The van der Waals surface area contributed by atoms with E-state index in [4.69, 9.17) is 4.74 Å². The summed E-state index contributed by atoms with van der Waals surface area (Å²) in [6.07, 6.45) is -0.999. The molecule has 3 rings (SSSR count). The van der Waals surface area contributed by atoms with Crippen LogP contribution in [0.2, 0.25) is 0 Å². The smallest absolute Gasteiger partial charge is 0.339 e. The Morgan fingerprint density at radius 1 is 1.15 bits per heavy atom. The Bertz CT molecular complexity index is 934. The minimum Gasteiger partial charge on any atom is -0.444 e. The highest BCUT2D eigenvalue weighted by atomic mass is 16.5. The molecule has 1 aromatic heterocycles. The number of aryl methyl sites for hydroxylation is 1. The molecule has 0 saturated carbocycles. The van der Waals surface area contributed by atoms with Crippen molar-refractivity contribution < 1.29 is 14.3 Å². The van der Waals surface area contributed by atoms with E-state index in [9.17, 15) is 9.59 Å². The summed E-state index contributed by atoms with van der Waals surface area (Å²) in [7, 11) is 3.25. The molecule has 3 aromatic rings. The van der Waals surface area contributed by atoms with Gasteiger partial charge in [-0.25, -0.2) is 9.48 Å². The summed E-state index contributed by atoms with van der Waals surface area (Å²) < 4.78 is 7.29. The number of hydrogen-bond donors (Lipinski definition) is 0. The number of fused-ring (bicyclic) bond motifs is 1. The third-order valence-corrected chi connectivity index (χ3v) is 4.04. The highest BCUT2D eigenvalue weighted by Gasteiger charge is 2.27. The van der Waals surface area contributed by atoms with Gasteiger partial charge in [-0.1, -0.05) is 35.5 Å². The second-order valence-corrected chi connectivity index (χ2v) is 6.04. The summed E-state index contributed by atoms with van der Waals surface area (Å²) in [5, 5.41) is 8.09. The first-order valence-corrected chi connectivity index (χ1v) is 8.31. The number of nitrogens with zero attached hydrogens (tertiary/aromatic N) is 4. The minimum absolute atomic E-state index is 0.303. The molecule has 0 spiro atoms. The molecule has 1 amide bonds. The normalized spacial score (nSPS) is 12.0. The highest BCUT2D eigenvalue weighted by Crippen LogP contribution is 2.22. The van der Waals surface area contributed by atoms with Crippen molar-refractivity contribution in [3.05, 3.63) is 59.7 Å². The number of esters is 1. The van der Waals surface area contributed by atoms with Crippen LogP contribution in [0.5, 0.6) is 0 Å². The van der Waals surface area contributed by atoms with Gasteiger partial charge in [-0.15, -0.1) is 5.10 Å². The first kappa shape index (κ1) is 17.6. The lowest BCUT2D eigenvalue weighted by Crippen LogP contribution is -2.31. The van der Waals surface area contributed by atoms with Gasteiger partial charge in [0.05, 0.1) is 11.1 Å². The number of rotatable bonds is 5. The van der Waals surface area contributed by atoms with Crippen molar-refractivity contribution in [2.75, 3.05) is 14.1 Å². The molecule has 2 aromatic carbocycles. The largest absolute Gasteiger partial charge is 0.444 e. The van der Waals surface area contributed by atoms with Crippen LogP contribution in [0.15, 0.2) is 48.5 Å². The minimum atomic E-state index is -0.999. The zero-order chi connectivity index (χ0) is 18.7. The Morgan fingerprint density at radius 3 is 2.54 bits per heavy atom. The lowest BCUT2D eigenvalue weighted by atomic mass is 10.1. The molecule has 1 heterocycles. The predicted octanol–water partition coefficient (Wildman–Crippen LogP) is 2.44. The third-order valence-electron chi connectivity index (χ3n) is 4.04. The van der Waals surface area contributed by atoms with Crippen molar-refractivity contribution in [2.24, 2.45) is 0 Å². The number of likely N-dealkylation sites (N-methyl/N-ethyl adjacent to an activating group) is 1. The van der Waals surface area contributed by atoms with Crippen molar-refractivity contribution in [3.8, 4) is 0 Å². The molecule has 1 atom stereocenters. The first-order valence-electron chi connectivity index (χ1n) is 8.31. The molecule has 0 N–H and O–H groups in total. The molecule has 7 nitrogen and oxygen atoms in total. The van der Waals surface area contributed by atoms with Crippen LogP contribution in [0.1, 0.15) is 28.9 Å². The molecule has 134 valence electrons. The second kappa shape index (κ2) is 7.35. The Balaban J connectivity index is 1.89. The molecule has 0 bridgehead atoms. The summed E-state index contributed by atoms with van der Waals surface area (Å²) in [6, 6.07) is 14.0. The maximum absolute atomic E-state index is 12.6. The fourth-order valence-electron chi connectivity index (χ4n) is 2.63. The summed E-state index contributed by atoms with van der Waals surface area (Å²) in [6.45, 7) is 2.65. The highest BCUT2D eigenvalue weighted by molar-refractivity contribution is 5.95. The van der Waals surface area contributed by atoms with Gasteiger partial charge in [0.2, 0.25) is 6.10 Å². The molecule has 0 radical (unpaired) electrons. The number of hydrogen-bond acceptors (Lipinski definition) is 5. The Kier molecular flexibility index (Phi) is 4.97.